The van der Waals surface area contributed by atoms with Gasteiger partial charge in [0, 0.05) is 25.8 Å². The zero-order valence-corrected chi connectivity index (χ0v) is 15.3. The van der Waals surface area contributed by atoms with E-state index in [0.717, 1.165) is 35.4 Å². The second-order valence-electron chi connectivity index (χ2n) is 6.01. The highest BCUT2D eigenvalue weighted by atomic mass is 16.5. The predicted octanol–water partition coefficient (Wildman–Crippen LogP) is 4.20. The summed E-state index contributed by atoms with van der Waals surface area (Å²) >= 11 is 0. The second kappa shape index (κ2) is 7.05. The Morgan fingerprint density at radius 1 is 1.12 bits per heavy atom. The molecule has 0 bridgehead atoms. The van der Waals surface area contributed by atoms with Crippen LogP contribution in [0.1, 0.15) is 31.3 Å². The van der Waals surface area contributed by atoms with E-state index < -0.39 is 0 Å². The number of carbonyl (C=O) groups is 1. The monoisotopic (exact) mass is 339 g/mol. The van der Waals surface area contributed by atoms with Crippen molar-refractivity contribution in [3.63, 3.8) is 0 Å². The first-order valence-corrected chi connectivity index (χ1v) is 8.79. The van der Waals surface area contributed by atoms with E-state index in [1.54, 1.807) is 6.92 Å². The lowest BCUT2D eigenvalue weighted by Gasteiger charge is -2.21. The van der Waals surface area contributed by atoms with Crippen LogP contribution in [0.4, 0.5) is 5.69 Å². The number of aromatic nitrogens is 2. The molecule has 0 saturated heterocycles. The molecular weight excluding hydrogens is 314 g/mol. The molecule has 0 saturated carbocycles. The Kier molecular flexibility index (Phi) is 4.83. The van der Waals surface area contributed by atoms with Crippen molar-refractivity contribution in [3.05, 3.63) is 42.1 Å². The van der Waals surface area contributed by atoms with Crippen LogP contribution >= 0.6 is 0 Å². The molecule has 5 nitrogen and oxygen atoms in total. The number of ether oxygens (including phenoxy) is 1. The number of fused-ring (bicyclic) bond motifs is 1. The average Bonchev–Trinajstić information content (AvgIpc) is 3.17. The quantitative estimate of drug-likeness (QED) is 0.685. The molecule has 2 aromatic heterocycles. The molecule has 25 heavy (non-hydrogen) atoms. The fraction of sp³-hybridized carbons (Fsp3) is 0.350. The van der Waals surface area contributed by atoms with Gasteiger partial charge in [0.05, 0.1) is 23.3 Å². The van der Waals surface area contributed by atoms with Crippen molar-refractivity contribution < 1.29 is 9.53 Å². The molecule has 0 amide bonds. The summed E-state index contributed by atoms with van der Waals surface area (Å²) in [5.41, 5.74) is 5.92. The van der Waals surface area contributed by atoms with E-state index in [4.69, 9.17) is 4.74 Å². The van der Waals surface area contributed by atoms with Crippen LogP contribution in [0.2, 0.25) is 0 Å². The summed E-state index contributed by atoms with van der Waals surface area (Å²) in [5, 5.41) is 0. The maximum atomic E-state index is 11.9. The second-order valence-corrected chi connectivity index (χ2v) is 6.01. The SMILES string of the molecule is CCOC(=O)c1cc2c(cc(-c3ccc(N(CC)CC)cc3)n2C)[nH]1. The van der Waals surface area contributed by atoms with Gasteiger partial charge in [-0.3, -0.25) is 0 Å². The van der Waals surface area contributed by atoms with E-state index in [0.29, 0.717) is 12.3 Å². The van der Waals surface area contributed by atoms with Crippen LogP contribution in [0.5, 0.6) is 0 Å². The molecule has 5 heteroatoms. The number of aryl methyl sites for hydroxylation is 1. The number of hydrogen-bond donors (Lipinski definition) is 1. The highest BCUT2D eigenvalue weighted by Crippen LogP contribution is 2.29. The molecule has 3 aromatic rings. The van der Waals surface area contributed by atoms with E-state index in [9.17, 15) is 4.79 Å². The first kappa shape index (κ1) is 17.1. The molecule has 1 aromatic carbocycles. The van der Waals surface area contributed by atoms with E-state index in [1.807, 2.05) is 13.1 Å². The number of benzene rings is 1. The van der Waals surface area contributed by atoms with Gasteiger partial charge in [-0.1, -0.05) is 12.1 Å². The van der Waals surface area contributed by atoms with Crippen LogP contribution in [0, 0.1) is 0 Å². The lowest BCUT2D eigenvalue weighted by molar-refractivity contribution is 0.0520. The van der Waals surface area contributed by atoms with Gasteiger partial charge in [-0.15, -0.1) is 0 Å². The van der Waals surface area contributed by atoms with E-state index in [-0.39, 0.29) is 5.97 Å². The van der Waals surface area contributed by atoms with Crippen molar-refractivity contribution >= 4 is 22.7 Å². The van der Waals surface area contributed by atoms with Crippen molar-refractivity contribution in [1.29, 1.82) is 0 Å². The Morgan fingerprint density at radius 2 is 1.80 bits per heavy atom. The molecule has 2 heterocycles. The normalized spacial score (nSPS) is 11.0. The van der Waals surface area contributed by atoms with Gasteiger partial charge in [-0.2, -0.15) is 0 Å². The Bertz CT molecular complexity index is 870. The van der Waals surface area contributed by atoms with Crippen molar-refractivity contribution in [1.82, 2.24) is 9.55 Å². The minimum absolute atomic E-state index is 0.316. The van der Waals surface area contributed by atoms with Crippen LogP contribution in [0.15, 0.2) is 36.4 Å². The zero-order valence-electron chi connectivity index (χ0n) is 15.3. The lowest BCUT2D eigenvalue weighted by atomic mass is 10.1. The summed E-state index contributed by atoms with van der Waals surface area (Å²) in [7, 11) is 2.01. The third-order valence-corrected chi connectivity index (χ3v) is 4.62. The van der Waals surface area contributed by atoms with Crippen LogP contribution in [0.3, 0.4) is 0 Å². The van der Waals surface area contributed by atoms with Crippen molar-refractivity contribution in [2.75, 3.05) is 24.6 Å². The number of rotatable bonds is 6. The molecule has 3 rings (SSSR count). The van der Waals surface area contributed by atoms with Gasteiger partial charge in [-0.25, -0.2) is 4.79 Å². The predicted molar refractivity (Wildman–Crippen MR) is 102 cm³/mol. The molecule has 0 radical (unpaired) electrons. The van der Waals surface area contributed by atoms with Crippen LogP contribution in [-0.4, -0.2) is 35.2 Å². The van der Waals surface area contributed by atoms with Gasteiger partial charge in [0.1, 0.15) is 5.69 Å². The van der Waals surface area contributed by atoms with Gasteiger partial charge < -0.3 is 19.2 Å². The highest BCUT2D eigenvalue weighted by molar-refractivity contribution is 5.95. The lowest BCUT2D eigenvalue weighted by Crippen LogP contribution is -2.21. The van der Waals surface area contributed by atoms with E-state index >= 15 is 0 Å². The largest absolute Gasteiger partial charge is 0.461 e. The van der Waals surface area contributed by atoms with Crippen LogP contribution in [-0.2, 0) is 11.8 Å². The van der Waals surface area contributed by atoms with Gasteiger partial charge in [0.15, 0.2) is 0 Å². The zero-order chi connectivity index (χ0) is 18.0. The van der Waals surface area contributed by atoms with Gasteiger partial charge in [0.25, 0.3) is 0 Å². The van der Waals surface area contributed by atoms with E-state index in [1.165, 1.54) is 5.69 Å². The molecule has 1 N–H and O–H groups in total. The first-order valence-electron chi connectivity index (χ1n) is 8.79. The maximum Gasteiger partial charge on any atom is 0.354 e. The summed E-state index contributed by atoms with van der Waals surface area (Å²) < 4.78 is 7.15. The topological polar surface area (TPSA) is 50.3 Å². The van der Waals surface area contributed by atoms with Crippen molar-refractivity contribution in [2.24, 2.45) is 7.05 Å². The minimum Gasteiger partial charge on any atom is -0.461 e. The van der Waals surface area contributed by atoms with Crippen LogP contribution in [0.25, 0.3) is 22.3 Å². The Morgan fingerprint density at radius 3 is 2.36 bits per heavy atom. The van der Waals surface area contributed by atoms with Gasteiger partial charge in [-0.05, 0) is 50.6 Å². The molecule has 0 unspecified atom stereocenters. The molecule has 0 spiro atoms. The fourth-order valence-electron chi connectivity index (χ4n) is 3.24. The smallest absolute Gasteiger partial charge is 0.354 e. The average molecular weight is 339 g/mol. The molecule has 132 valence electrons. The summed E-state index contributed by atoms with van der Waals surface area (Å²) in [6, 6.07) is 12.5. The van der Waals surface area contributed by atoms with Gasteiger partial charge >= 0.3 is 5.97 Å². The van der Waals surface area contributed by atoms with E-state index in [2.05, 4.69) is 58.6 Å². The number of nitrogens with zero attached hydrogens (tertiary/aromatic N) is 2. The number of anilines is 1. The summed E-state index contributed by atoms with van der Waals surface area (Å²) in [4.78, 5) is 17.3. The Hall–Kier alpha value is -2.69. The molecule has 0 fully saturated rings. The molecule has 0 aliphatic rings. The Balaban J connectivity index is 1.92. The number of aromatic amines is 1. The fourth-order valence-corrected chi connectivity index (χ4v) is 3.24. The molecule has 0 atom stereocenters. The standard InChI is InChI=1S/C20H25N3O2/c1-5-23(6-2)15-10-8-14(9-11-15)18-12-16-19(22(18)4)13-17(21-16)20(24)25-7-3/h8-13,21H,5-7H2,1-4H3. The Labute approximate surface area is 148 Å². The number of H-pyrrole nitrogens is 1. The molecular formula is C20H25N3O2. The third kappa shape index (κ3) is 3.14. The minimum atomic E-state index is -0.316. The van der Waals surface area contributed by atoms with Crippen LogP contribution < -0.4 is 4.90 Å². The molecule has 0 aliphatic heterocycles. The highest BCUT2D eigenvalue weighted by Gasteiger charge is 2.15. The van der Waals surface area contributed by atoms with Crippen molar-refractivity contribution in [2.45, 2.75) is 20.8 Å². The number of carbonyl (C=O) groups excluding carboxylic acids is 1. The molecule has 0 aliphatic carbocycles. The third-order valence-electron chi connectivity index (χ3n) is 4.62. The number of esters is 1. The number of hydrogen-bond acceptors (Lipinski definition) is 3. The van der Waals surface area contributed by atoms with Crippen molar-refractivity contribution in [3.8, 4) is 11.3 Å². The summed E-state index contributed by atoms with van der Waals surface area (Å²) in [6.45, 7) is 8.51. The number of nitrogens with one attached hydrogen (secondary N) is 1. The summed E-state index contributed by atoms with van der Waals surface area (Å²) in [5.74, 6) is -0.316. The summed E-state index contributed by atoms with van der Waals surface area (Å²) in [6.07, 6.45) is 0. The maximum absolute atomic E-state index is 11.9. The van der Waals surface area contributed by atoms with Gasteiger partial charge in [0.2, 0.25) is 0 Å². The first-order chi connectivity index (χ1) is 12.1.